The molecular weight excluding hydrogens is 180 g/mol. The molecule has 2 nitrogen and oxygen atoms in total. The highest BCUT2D eigenvalue weighted by atomic mass is 18.2. The molecule has 0 unspecified atom stereocenters. The minimum atomic E-state index is -0.294. The van der Waals surface area contributed by atoms with Crippen molar-refractivity contribution in [3.8, 4) is 0 Å². The van der Waals surface area contributed by atoms with Crippen LogP contribution in [0.5, 0.6) is 0 Å². The van der Waals surface area contributed by atoms with Crippen LogP contribution in [0.25, 0.3) is 0 Å². The van der Waals surface area contributed by atoms with Crippen LogP contribution in [0.1, 0.15) is 22.3 Å². The molecule has 1 aromatic carbocycles. The molecule has 0 spiro atoms. The van der Waals surface area contributed by atoms with E-state index < -0.39 is 0 Å². The maximum absolute atomic E-state index is 11.9. The molecule has 76 valence electrons. The van der Waals surface area contributed by atoms with Gasteiger partial charge in [0.05, 0.1) is 6.67 Å². The number of alkyl halides is 1. The van der Waals surface area contributed by atoms with Crippen molar-refractivity contribution in [1.82, 2.24) is 5.32 Å². The first kappa shape index (κ1) is 10.7. The van der Waals surface area contributed by atoms with Crippen LogP contribution in [-0.2, 0) is 6.42 Å². The summed E-state index contributed by atoms with van der Waals surface area (Å²) in [6.07, 6.45) is 1.27. The summed E-state index contributed by atoms with van der Waals surface area (Å²) in [6, 6.07) is 7.24. The van der Waals surface area contributed by atoms with Crippen molar-refractivity contribution in [2.75, 3.05) is 13.7 Å². The highest BCUT2D eigenvalue weighted by Crippen LogP contribution is 2.06. The fourth-order valence-corrected chi connectivity index (χ4v) is 1.24. The smallest absolute Gasteiger partial charge is 0.251 e. The molecule has 0 fully saturated rings. The van der Waals surface area contributed by atoms with Crippen LogP contribution < -0.4 is 5.32 Å². The van der Waals surface area contributed by atoms with Crippen LogP contribution in [0.15, 0.2) is 24.3 Å². The van der Waals surface area contributed by atoms with Gasteiger partial charge in [0.1, 0.15) is 0 Å². The molecule has 1 aromatic rings. The van der Waals surface area contributed by atoms with E-state index in [9.17, 15) is 9.18 Å². The van der Waals surface area contributed by atoms with Crippen LogP contribution in [0, 0.1) is 0 Å². The molecule has 0 aliphatic carbocycles. The van der Waals surface area contributed by atoms with Gasteiger partial charge in [-0.15, -0.1) is 0 Å². The molecule has 0 heterocycles. The molecular formula is C11H14FNO. The maximum atomic E-state index is 11.9. The number of nitrogens with one attached hydrogen (secondary N) is 1. The van der Waals surface area contributed by atoms with Crippen LogP contribution >= 0.6 is 0 Å². The van der Waals surface area contributed by atoms with Gasteiger partial charge in [0.25, 0.3) is 5.91 Å². The van der Waals surface area contributed by atoms with Gasteiger partial charge in [-0.3, -0.25) is 9.18 Å². The number of carbonyl (C=O) groups excluding carboxylic acids is 1. The zero-order valence-electron chi connectivity index (χ0n) is 8.22. The maximum Gasteiger partial charge on any atom is 0.251 e. The zero-order valence-corrected chi connectivity index (χ0v) is 8.22. The third-order valence-corrected chi connectivity index (χ3v) is 2.04. The molecule has 1 amide bonds. The van der Waals surface area contributed by atoms with E-state index in [0.29, 0.717) is 12.0 Å². The van der Waals surface area contributed by atoms with Gasteiger partial charge in [-0.25, -0.2) is 0 Å². The van der Waals surface area contributed by atoms with Crippen molar-refractivity contribution >= 4 is 5.91 Å². The average molecular weight is 194 g/mol. The lowest BCUT2D eigenvalue weighted by atomic mass is 10.1. The van der Waals surface area contributed by atoms with Gasteiger partial charge in [-0.2, -0.15) is 0 Å². The van der Waals surface area contributed by atoms with E-state index in [1.54, 1.807) is 19.2 Å². The Morgan fingerprint density at radius 1 is 1.36 bits per heavy atom. The molecule has 0 aromatic heterocycles. The van der Waals surface area contributed by atoms with E-state index in [1.165, 1.54) is 0 Å². The number of hydrogen-bond acceptors (Lipinski definition) is 1. The summed E-state index contributed by atoms with van der Waals surface area (Å²) in [7, 11) is 1.60. The molecule has 0 aliphatic rings. The molecule has 1 rings (SSSR count). The Kier molecular flexibility index (Phi) is 4.11. The number of halogens is 1. The largest absolute Gasteiger partial charge is 0.355 e. The van der Waals surface area contributed by atoms with Gasteiger partial charge in [-0.05, 0) is 30.5 Å². The standard InChI is InChI=1S/C11H14FNO/c1-13-11(14)10-6-4-9(5-7-10)3-2-8-12/h4-7H,2-3,8H2,1H3,(H,13,14)/i12-1. The van der Waals surface area contributed by atoms with Crippen molar-refractivity contribution < 1.29 is 9.18 Å². The average Bonchev–Trinajstić information content (AvgIpc) is 2.26. The summed E-state index contributed by atoms with van der Waals surface area (Å²) in [5.74, 6) is -0.0953. The van der Waals surface area contributed by atoms with Gasteiger partial charge in [0.2, 0.25) is 0 Å². The third kappa shape index (κ3) is 2.83. The monoisotopic (exact) mass is 194 g/mol. The molecule has 0 aliphatic heterocycles. The lowest BCUT2D eigenvalue weighted by molar-refractivity contribution is 0.0963. The Morgan fingerprint density at radius 3 is 2.50 bits per heavy atom. The Hall–Kier alpha value is -1.38. The number of carbonyl (C=O) groups is 1. The first-order valence-electron chi connectivity index (χ1n) is 4.65. The van der Waals surface area contributed by atoms with Crippen LogP contribution in [0.2, 0.25) is 0 Å². The molecule has 0 bridgehead atoms. The van der Waals surface area contributed by atoms with Crippen LogP contribution in [0.4, 0.5) is 4.39 Å². The van der Waals surface area contributed by atoms with Gasteiger partial charge >= 0.3 is 0 Å². The zero-order chi connectivity index (χ0) is 10.4. The SMILES string of the molecule is CNC(=O)c1ccc(CCC[18F])cc1. The fraction of sp³-hybridized carbons (Fsp3) is 0.364. The topological polar surface area (TPSA) is 29.1 Å². The summed E-state index contributed by atoms with van der Waals surface area (Å²) in [5.41, 5.74) is 1.70. The summed E-state index contributed by atoms with van der Waals surface area (Å²) < 4.78 is 11.9. The molecule has 14 heavy (non-hydrogen) atoms. The number of hydrogen-bond donors (Lipinski definition) is 1. The first-order chi connectivity index (χ1) is 6.77. The molecule has 0 atom stereocenters. The quantitative estimate of drug-likeness (QED) is 0.779. The second-order valence-corrected chi connectivity index (χ2v) is 3.07. The second kappa shape index (κ2) is 5.37. The highest BCUT2D eigenvalue weighted by Gasteiger charge is 2.01. The van der Waals surface area contributed by atoms with Gasteiger partial charge in [0.15, 0.2) is 0 Å². The van der Waals surface area contributed by atoms with E-state index in [4.69, 9.17) is 0 Å². The summed E-state index contributed by atoms with van der Waals surface area (Å²) in [4.78, 5) is 11.2. The lowest BCUT2D eigenvalue weighted by Crippen LogP contribution is -2.17. The summed E-state index contributed by atoms with van der Waals surface area (Å²) in [6.45, 7) is -0.294. The Balaban J connectivity index is 2.63. The Morgan fingerprint density at radius 2 is 2.00 bits per heavy atom. The molecule has 0 saturated carbocycles. The first-order valence-corrected chi connectivity index (χ1v) is 4.65. The minimum absolute atomic E-state index is 0.0953. The molecule has 1 N–H and O–H groups in total. The van der Waals surface area contributed by atoms with E-state index in [2.05, 4.69) is 5.32 Å². The number of benzene rings is 1. The predicted molar refractivity (Wildman–Crippen MR) is 54.1 cm³/mol. The van der Waals surface area contributed by atoms with Crippen molar-refractivity contribution in [2.24, 2.45) is 0 Å². The number of rotatable bonds is 4. The van der Waals surface area contributed by atoms with E-state index >= 15 is 0 Å². The fourth-order valence-electron chi connectivity index (χ4n) is 1.24. The Bertz CT molecular complexity index is 295. The molecule has 3 heteroatoms. The van der Waals surface area contributed by atoms with E-state index in [0.717, 1.165) is 12.0 Å². The third-order valence-electron chi connectivity index (χ3n) is 2.04. The number of aryl methyl sites for hydroxylation is 1. The number of amides is 1. The van der Waals surface area contributed by atoms with Crippen molar-refractivity contribution in [3.63, 3.8) is 0 Å². The van der Waals surface area contributed by atoms with Gasteiger partial charge in [-0.1, -0.05) is 12.1 Å². The van der Waals surface area contributed by atoms with E-state index in [1.807, 2.05) is 12.1 Å². The molecule has 0 saturated heterocycles. The van der Waals surface area contributed by atoms with Crippen molar-refractivity contribution in [2.45, 2.75) is 12.8 Å². The van der Waals surface area contributed by atoms with Crippen molar-refractivity contribution in [3.05, 3.63) is 35.4 Å². The van der Waals surface area contributed by atoms with Gasteiger partial charge < -0.3 is 5.32 Å². The van der Waals surface area contributed by atoms with Gasteiger partial charge in [0, 0.05) is 12.6 Å². The minimum Gasteiger partial charge on any atom is -0.355 e. The summed E-state index contributed by atoms with van der Waals surface area (Å²) in [5, 5.41) is 2.54. The second-order valence-electron chi connectivity index (χ2n) is 3.07. The van der Waals surface area contributed by atoms with E-state index in [-0.39, 0.29) is 12.6 Å². The predicted octanol–water partition coefficient (Wildman–Crippen LogP) is 1.95. The summed E-state index contributed by atoms with van der Waals surface area (Å²) >= 11 is 0. The highest BCUT2D eigenvalue weighted by molar-refractivity contribution is 5.93. The van der Waals surface area contributed by atoms with Crippen LogP contribution in [0.3, 0.4) is 0 Å². The Labute approximate surface area is 83.1 Å². The molecule has 0 radical (unpaired) electrons. The normalized spacial score (nSPS) is 9.86. The lowest BCUT2D eigenvalue weighted by Gasteiger charge is -2.01. The van der Waals surface area contributed by atoms with Crippen LogP contribution in [-0.4, -0.2) is 19.6 Å². The van der Waals surface area contributed by atoms with Crippen molar-refractivity contribution in [1.29, 1.82) is 0 Å².